The van der Waals surface area contributed by atoms with Crippen molar-refractivity contribution < 1.29 is 86.7 Å². The molecule has 1 fully saturated rings. The van der Waals surface area contributed by atoms with Gasteiger partial charge in [0.15, 0.2) is 0 Å². The predicted molar refractivity (Wildman–Crippen MR) is 127 cm³/mol. The Balaban J connectivity index is 2.13. The molecule has 0 unspecified atom stereocenters. The van der Waals surface area contributed by atoms with E-state index >= 15 is 0 Å². The van der Waals surface area contributed by atoms with E-state index < -0.39 is 78.9 Å². The molecule has 1 aliphatic heterocycles. The summed E-state index contributed by atoms with van der Waals surface area (Å²) < 4.78 is 261. The molecule has 0 radical (unpaired) electrons. The third kappa shape index (κ3) is 5.03. The molecule has 0 spiro atoms. The molecule has 2 aromatic carbocycles. The molecule has 0 saturated carbocycles. The lowest BCUT2D eigenvalue weighted by atomic mass is 9.91. The summed E-state index contributed by atoms with van der Waals surface area (Å²) in [5.41, 5.74) is 0. The van der Waals surface area contributed by atoms with E-state index in [1.807, 2.05) is 0 Å². The summed E-state index contributed by atoms with van der Waals surface area (Å²) in [7, 11) is -11.4. The van der Waals surface area contributed by atoms with Crippen molar-refractivity contribution in [3.63, 3.8) is 0 Å². The largest absolute Gasteiger partial charge is 0.460 e. The number of halogens is 17. The summed E-state index contributed by atoms with van der Waals surface area (Å²) >= 11 is 1.13. The lowest BCUT2D eigenvalue weighted by molar-refractivity contribution is -0.458. The van der Waals surface area contributed by atoms with Crippen LogP contribution in [-0.2, 0) is 13.7 Å². The highest BCUT2D eigenvalue weighted by Crippen LogP contribution is 2.69. The lowest BCUT2D eigenvalue weighted by Crippen LogP contribution is -2.75. The van der Waals surface area contributed by atoms with Gasteiger partial charge >= 0.3 is 57.1 Å². The summed E-state index contributed by atoms with van der Waals surface area (Å²) in [6.45, 7) is 0. The number of benzene rings is 2. The molecular weight excluding hydrogens is 731 g/mol. The fourth-order valence-electron chi connectivity index (χ4n) is 4.00. The van der Waals surface area contributed by atoms with Crippen LogP contribution in [-0.4, -0.2) is 73.1 Å². The first-order valence-corrected chi connectivity index (χ1v) is 16.0. The first-order valence-electron chi connectivity index (χ1n) is 11.5. The number of fused-ring (bicyclic) bond motifs is 1. The Morgan fingerprint density at radius 1 is 0.622 bits per heavy atom. The molecule has 1 aliphatic rings. The molecule has 1 heterocycles. The molecule has 258 valence electrons. The Labute approximate surface area is 247 Å². The maximum Gasteiger partial charge on any atom is 0.460 e. The number of hydrogen-bond donors (Lipinski definition) is 0. The summed E-state index contributed by atoms with van der Waals surface area (Å²) in [5.74, 6) is -53.0. The third-order valence-electron chi connectivity index (χ3n) is 6.64. The molecule has 3 nitrogen and oxygen atoms in total. The first-order chi connectivity index (χ1) is 20.0. The minimum absolute atomic E-state index is 0.0611. The standard InChI is InChI=1S/C22H15F17O3S3/c1-43-13-7-8-14(12-6-3-2-5-11(12)13)44(9-4-10-44)42-45(40,41)22(38,39)20(33,34)18(29,30)16(25,26)15(23,24)17(27,28)19(31,32)21(35,36)37/h2-3,5-8H,4,9-10H2,1H3. The Morgan fingerprint density at radius 3 is 1.44 bits per heavy atom. The molecule has 1 saturated heterocycles. The van der Waals surface area contributed by atoms with Crippen molar-refractivity contribution in [3.05, 3.63) is 36.4 Å². The van der Waals surface area contributed by atoms with Crippen molar-refractivity contribution in [2.75, 3.05) is 17.8 Å². The maximum atomic E-state index is 14.7. The van der Waals surface area contributed by atoms with E-state index in [4.69, 9.17) is 0 Å². The van der Waals surface area contributed by atoms with Gasteiger partial charge in [-0.1, -0.05) is 34.6 Å². The Kier molecular flexibility index (Phi) is 9.04. The van der Waals surface area contributed by atoms with E-state index in [1.54, 1.807) is 6.26 Å². The highest BCUT2D eigenvalue weighted by Gasteiger charge is 2.96. The van der Waals surface area contributed by atoms with Gasteiger partial charge < -0.3 is 0 Å². The summed E-state index contributed by atoms with van der Waals surface area (Å²) in [4.78, 5) is 0.251. The summed E-state index contributed by atoms with van der Waals surface area (Å²) in [5, 5.41) is -7.31. The Hall–Kier alpha value is -1.88. The van der Waals surface area contributed by atoms with Crippen LogP contribution in [0.25, 0.3) is 10.8 Å². The highest BCUT2D eigenvalue weighted by atomic mass is 32.3. The van der Waals surface area contributed by atoms with Gasteiger partial charge in [-0.15, -0.1) is 11.8 Å². The summed E-state index contributed by atoms with van der Waals surface area (Å²) in [6.07, 6.45) is -6.38. The van der Waals surface area contributed by atoms with E-state index in [2.05, 4.69) is 3.63 Å². The average Bonchev–Trinajstić information content (AvgIpc) is 2.88. The zero-order chi connectivity index (χ0) is 35.1. The lowest BCUT2D eigenvalue weighted by Gasteiger charge is -2.47. The second-order valence-electron chi connectivity index (χ2n) is 9.37. The van der Waals surface area contributed by atoms with Gasteiger partial charge in [0.2, 0.25) is 0 Å². The zero-order valence-electron chi connectivity index (χ0n) is 21.5. The number of hydrogen-bond acceptors (Lipinski definition) is 4. The number of rotatable bonds is 11. The zero-order valence-corrected chi connectivity index (χ0v) is 23.9. The average molecular weight is 747 g/mol. The fourth-order valence-corrected chi connectivity index (χ4v) is 9.74. The monoisotopic (exact) mass is 746 g/mol. The quantitative estimate of drug-likeness (QED) is 0.170. The molecule has 2 aromatic rings. The van der Waals surface area contributed by atoms with Gasteiger partial charge in [0.25, 0.3) is 0 Å². The van der Waals surface area contributed by atoms with Crippen molar-refractivity contribution in [2.24, 2.45) is 0 Å². The minimum atomic E-state index is -8.90. The van der Waals surface area contributed by atoms with Crippen LogP contribution < -0.4 is 0 Å². The van der Waals surface area contributed by atoms with Gasteiger partial charge in [-0.05, 0) is 35.6 Å². The van der Waals surface area contributed by atoms with Crippen LogP contribution in [0, 0.1) is 0 Å². The van der Waals surface area contributed by atoms with E-state index in [1.165, 1.54) is 30.3 Å². The molecule has 3 rings (SSSR count). The fraction of sp³-hybridized carbons (Fsp3) is 0.545. The van der Waals surface area contributed by atoms with Gasteiger partial charge in [0.1, 0.15) is 0 Å². The molecular formula is C22H15F17O3S3. The van der Waals surface area contributed by atoms with Crippen molar-refractivity contribution in [1.29, 1.82) is 0 Å². The van der Waals surface area contributed by atoms with Crippen LogP contribution in [0.2, 0.25) is 0 Å². The van der Waals surface area contributed by atoms with Crippen molar-refractivity contribution in [3.8, 4) is 0 Å². The molecule has 45 heavy (non-hydrogen) atoms. The Bertz CT molecular complexity index is 1550. The van der Waals surface area contributed by atoms with E-state index in [0.29, 0.717) is 10.3 Å². The predicted octanol–water partition coefficient (Wildman–Crippen LogP) is 9.36. The van der Waals surface area contributed by atoms with Crippen LogP contribution in [0.5, 0.6) is 0 Å². The highest BCUT2D eigenvalue weighted by molar-refractivity contribution is 8.34. The van der Waals surface area contributed by atoms with Gasteiger partial charge in [-0.3, -0.25) is 0 Å². The molecule has 0 aromatic heterocycles. The smallest absolute Gasteiger partial charge is 0.211 e. The van der Waals surface area contributed by atoms with Crippen LogP contribution >= 0.6 is 22.1 Å². The van der Waals surface area contributed by atoms with Gasteiger partial charge in [0, 0.05) is 21.3 Å². The molecule has 0 N–H and O–H groups in total. The van der Waals surface area contributed by atoms with E-state index in [0.717, 1.165) is 17.8 Å². The molecule has 0 aliphatic carbocycles. The summed E-state index contributed by atoms with van der Waals surface area (Å²) in [6, 6.07) is 7.93. The SMILES string of the molecule is CSc1ccc(S2(OS(=O)(=O)C(F)(F)C(F)(F)C(F)(F)C(F)(F)C(F)(F)C(F)(F)C(F)(F)C(F)(F)F)CCC2)c2ccccc12. The Morgan fingerprint density at radius 2 is 1.04 bits per heavy atom. The maximum absolute atomic E-state index is 14.7. The van der Waals surface area contributed by atoms with Crippen LogP contribution in [0.15, 0.2) is 46.2 Å². The normalized spacial score (nSPS) is 18.5. The van der Waals surface area contributed by atoms with Crippen LogP contribution in [0.4, 0.5) is 74.6 Å². The molecule has 23 heteroatoms. The molecule has 0 atom stereocenters. The van der Waals surface area contributed by atoms with Gasteiger partial charge in [-0.2, -0.15) is 83.1 Å². The van der Waals surface area contributed by atoms with E-state index in [-0.39, 0.29) is 16.7 Å². The first kappa shape index (κ1) is 37.6. The van der Waals surface area contributed by atoms with Crippen LogP contribution in [0.1, 0.15) is 6.42 Å². The second kappa shape index (κ2) is 10.8. The number of alkyl halides is 17. The minimum Gasteiger partial charge on any atom is -0.211 e. The topological polar surface area (TPSA) is 43.4 Å². The molecule has 0 bridgehead atoms. The molecule has 0 amide bonds. The van der Waals surface area contributed by atoms with Crippen molar-refractivity contribution >= 4 is 43.0 Å². The van der Waals surface area contributed by atoms with Crippen molar-refractivity contribution in [2.45, 2.75) is 63.2 Å². The van der Waals surface area contributed by atoms with Crippen molar-refractivity contribution in [1.82, 2.24) is 0 Å². The van der Waals surface area contributed by atoms with Crippen LogP contribution in [0.3, 0.4) is 0 Å². The third-order valence-corrected chi connectivity index (χ3v) is 13.1. The van der Waals surface area contributed by atoms with Gasteiger partial charge in [0.05, 0.1) is 0 Å². The van der Waals surface area contributed by atoms with Gasteiger partial charge in [-0.25, -0.2) is 3.63 Å². The second-order valence-corrected chi connectivity index (χ2v) is 15.1. The van der Waals surface area contributed by atoms with E-state index in [9.17, 15) is 83.1 Å². The number of thioether (sulfide) groups is 1.